The van der Waals surface area contributed by atoms with E-state index < -0.39 is 0 Å². The molecule has 1 N–H and O–H groups in total. The first-order valence-corrected chi connectivity index (χ1v) is 11.0. The second-order valence-electron chi connectivity index (χ2n) is 6.67. The Balaban J connectivity index is 1.82. The van der Waals surface area contributed by atoms with Crippen molar-refractivity contribution in [2.45, 2.75) is 33.7 Å². The van der Waals surface area contributed by atoms with Crippen LogP contribution in [-0.2, 0) is 17.7 Å². The number of rotatable bonds is 7. The van der Waals surface area contributed by atoms with Gasteiger partial charge in [-0.1, -0.05) is 0 Å². The smallest absolute Gasteiger partial charge is 0.410 e. The Hall–Kier alpha value is -3.25. The number of carbonyl (C=O) groups excluding carboxylic acids is 2. The summed E-state index contributed by atoms with van der Waals surface area (Å²) in [5.41, 5.74) is 1.73. The minimum absolute atomic E-state index is 0.309. The van der Waals surface area contributed by atoms with Gasteiger partial charge in [-0.3, -0.25) is 4.79 Å². The van der Waals surface area contributed by atoms with Crippen LogP contribution in [0.15, 0.2) is 18.2 Å². The average Bonchev–Trinajstić information content (AvgIpc) is 3.11. The highest BCUT2D eigenvalue weighted by Gasteiger charge is 2.28. The summed E-state index contributed by atoms with van der Waals surface area (Å²) in [6.07, 6.45) is 0.171. The lowest BCUT2D eigenvalue weighted by molar-refractivity contribution is 0.102. The number of hydrogen-bond acceptors (Lipinski definition) is 7. The molecule has 164 valence electrons. The van der Waals surface area contributed by atoms with Gasteiger partial charge in [0.15, 0.2) is 11.5 Å². The third-order valence-corrected chi connectivity index (χ3v) is 5.86. The number of fused-ring (bicyclic) bond motifs is 1. The van der Waals surface area contributed by atoms with Crippen LogP contribution in [0, 0.1) is 11.3 Å². The third-order valence-electron chi connectivity index (χ3n) is 4.73. The fourth-order valence-electron chi connectivity index (χ4n) is 3.35. The van der Waals surface area contributed by atoms with Gasteiger partial charge in [0.1, 0.15) is 11.1 Å². The van der Waals surface area contributed by atoms with Crippen LogP contribution in [0.25, 0.3) is 0 Å². The van der Waals surface area contributed by atoms with E-state index >= 15 is 0 Å². The largest absolute Gasteiger partial charge is 0.490 e. The topological polar surface area (TPSA) is 101 Å². The summed E-state index contributed by atoms with van der Waals surface area (Å²) in [5, 5.41) is 13.0. The summed E-state index contributed by atoms with van der Waals surface area (Å²) >= 11 is 1.31. The van der Waals surface area contributed by atoms with Gasteiger partial charge in [0.2, 0.25) is 0 Å². The molecule has 1 aromatic carbocycles. The van der Waals surface area contributed by atoms with Crippen LogP contribution >= 0.6 is 11.3 Å². The first-order valence-electron chi connectivity index (χ1n) is 10.2. The van der Waals surface area contributed by atoms with Gasteiger partial charge in [0, 0.05) is 17.0 Å². The Morgan fingerprint density at radius 1 is 1.16 bits per heavy atom. The number of anilines is 1. The number of carbonyl (C=O) groups is 2. The molecule has 0 bridgehead atoms. The molecule has 3 rings (SSSR count). The maximum Gasteiger partial charge on any atom is 0.410 e. The molecule has 0 atom stereocenters. The lowest BCUT2D eigenvalue weighted by atomic mass is 10.0. The summed E-state index contributed by atoms with van der Waals surface area (Å²) in [6.45, 7) is 7.57. The molecule has 1 aliphatic rings. The lowest BCUT2D eigenvalue weighted by Crippen LogP contribution is -2.35. The zero-order chi connectivity index (χ0) is 22.4. The van der Waals surface area contributed by atoms with Crippen molar-refractivity contribution in [1.29, 1.82) is 5.26 Å². The molecule has 0 fully saturated rings. The van der Waals surface area contributed by atoms with E-state index in [0.29, 0.717) is 67.0 Å². The number of nitrogens with one attached hydrogen (secondary N) is 1. The number of nitrogens with zero attached hydrogens (tertiary/aromatic N) is 2. The van der Waals surface area contributed by atoms with Gasteiger partial charge in [-0.2, -0.15) is 5.26 Å². The van der Waals surface area contributed by atoms with E-state index in [2.05, 4.69) is 11.4 Å². The Bertz CT molecular complexity index is 1010. The molecule has 0 aliphatic carbocycles. The molecule has 0 unspecified atom stereocenters. The predicted molar refractivity (Wildman–Crippen MR) is 117 cm³/mol. The highest BCUT2D eigenvalue weighted by molar-refractivity contribution is 7.16. The number of nitriles is 1. The van der Waals surface area contributed by atoms with Crippen molar-refractivity contribution in [3.63, 3.8) is 0 Å². The zero-order valence-electron chi connectivity index (χ0n) is 17.8. The average molecular weight is 444 g/mol. The van der Waals surface area contributed by atoms with Gasteiger partial charge in [-0.15, -0.1) is 11.3 Å². The molecule has 8 nitrogen and oxygen atoms in total. The summed E-state index contributed by atoms with van der Waals surface area (Å²) in [7, 11) is 0. The molecule has 9 heteroatoms. The summed E-state index contributed by atoms with van der Waals surface area (Å²) < 4.78 is 16.2. The monoisotopic (exact) mass is 443 g/mol. The highest BCUT2D eigenvalue weighted by Crippen LogP contribution is 2.37. The standard InChI is InChI=1S/C22H25N3O5S/c1-4-28-17-8-7-14(11-18(17)29-5-2)20(26)24-21-16(12-23)15-9-10-25(13-19(15)31-21)22(27)30-6-3/h7-8,11H,4-6,9-10,13H2,1-3H3,(H,24,26). The van der Waals surface area contributed by atoms with E-state index in [4.69, 9.17) is 14.2 Å². The number of benzene rings is 1. The van der Waals surface area contributed by atoms with Gasteiger partial charge in [-0.05, 0) is 51.0 Å². The van der Waals surface area contributed by atoms with E-state index in [0.717, 1.165) is 10.4 Å². The molecule has 2 amide bonds. The molecule has 2 aromatic rings. The van der Waals surface area contributed by atoms with Gasteiger partial charge in [0.05, 0.1) is 31.9 Å². The van der Waals surface area contributed by atoms with Crippen LogP contribution in [0.1, 0.15) is 47.1 Å². The summed E-state index contributed by atoms with van der Waals surface area (Å²) in [6, 6.07) is 7.19. The van der Waals surface area contributed by atoms with Gasteiger partial charge in [0.25, 0.3) is 5.91 Å². The predicted octanol–water partition coefficient (Wildman–Crippen LogP) is 4.18. The Morgan fingerprint density at radius 3 is 2.58 bits per heavy atom. The maximum atomic E-state index is 12.9. The second kappa shape index (κ2) is 10.2. The molecule has 0 radical (unpaired) electrons. The molecular weight excluding hydrogens is 418 g/mol. The molecule has 1 aliphatic heterocycles. The summed E-state index contributed by atoms with van der Waals surface area (Å²) in [5.74, 6) is 0.721. The van der Waals surface area contributed by atoms with Crippen LogP contribution in [-0.4, -0.2) is 43.3 Å². The fraction of sp³-hybridized carbons (Fsp3) is 0.409. The van der Waals surface area contributed by atoms with Crippen molar-refractivity contribution in [2.75, 3.05) is 31.7 Å². The van der Waals surface area contributed by atoms with Crippen molar-refractivity contribution in [1.82, 2.24) is 4.90 Å². The third kappa shape index (κ3) is 4.91. The second-order valence-corrected chi connectivity index (χ2v) is 7.78. The van der Waals surface area contributed by atoms with Gasteiger partial charge >= 0.3 is 6.09 Å². The van der Waals surface area contributed by atoms with Crippen LogP contribution in [0.2, 0.25) is 0 Å². The molecule has 0 saturated carbocycles. The van der Waals surface area contributed by atoms with Crippen molar-refractivity contribution in [2.24, 2.45) is 0 Å². The number of ether oxygens (including phenoxy) is 3. The SMILES string of the molecule is CCOC(=O)N1CCc2c(sc(NC(=O)c3ccc(OCC)c(OCC)c3)c2C#N)C1. The Morgan fingerprint density at radius 2 is 1.90 bits per heavy atom. The van der Waals surface area contributed by atoms with Crippen molar-refractivity contribution < 1.29 is 23.8 Å². The van der Waals surface area contributed by atoms with E-state index in [1.807, 2.05) is 13.8 Å². The molecule has 2 heterocycles. The molecular formula is C22H25N3O5S. The van der Waals surface area contributed by atoms with Crippen LogP contribution in [0.3, 0.4) is 0 Å². The maximum absolute atomic E-state index is 12.9. The zero-order valence-corrected chi connectivity index (χ0v) is 18.6. The molecule has 0 spiro atoms. The number of amides is 2. The summed E-state index contributed by atoms with van der Waals surface area (Å²) in [4.78, 5) is 27.4. The normalized spacial score (nSPS) is 12.5. The fourth-order valence-corrected chi connectivity index (χ4v) is 4.56. The Labute approximate surface area is 185 Å². The highest BCUT2D eigenvalue weighted by atomic mass is 32.1. The number of hydrogen-bond donors (Lipinski definition) is 1. The molecule has 31 heavy (non-hydrogen) atoms. The molecule has 1 aromatic heterocycles. The van der Waals surface area contributed by atoms with E-state index in [1.165, 1.54) is 11.3 Å². The van der Waals surface area contributed by atoms with Gasteiger partial charge in [-0.25, -0.2) is 4.79 Å². The first-order chi connectivity index (χ1) is 15.0. The van der Waals surface area contributed by atoms with Crippen molar-refractivity contribution in [3.8, 4) is 17.6 Å². The van der Waals surface area contributed by atoms with E-state index in [-0.39, 0.29) is 12.0 Å². The molecule has 0 saturated heterocycles. The van der Waals surface area contributed by atoms with Crippen molar-refractivity contribution >= 4 is 28.3 Å². The van der Waals surface area contributed by atoms with Gasteiger partial charge < -0.3 is 24.4 Å². The van der Waals surface area contributed by atoms with Crippen LogP contribution in [0.5, 0.6) is 11.5 Å². The quantitative estimate of drug-likeness (QED) is 0.689. The first kappa shape index (κ1) is 22.4. The number of thiophene rings is 1. The van der Waals surface area contributed by atoms with Crippen LogP contribution < -0.4 is 14.8 Å². The minimum atomic E-state index is -0.372. The lowest BCUT2D eigenvalue weighted by Gasteiger charge is -2.25. The Kier molecular flexibility index (Phi) is 7.36. The minimum Gasteiger partial charge on any atom is -0.490 e. The van der Waals surface area contributed by atoms with Crippen LogP contribution in [0.4, 0.5) is 9.80 Å². The van der Waals surface area contributed by atoms with E-state index in [9.17, 15) is 14.9 Å². The van der Waals surface area contributed by atoms with Crippen molar-refractivity contribution in [3.05, 3.63) is 39.8 Å². The van der Waals surface area contributed by atoms with E-state index in [1.54, 1.807) is 30.0 Å².